The minimum absolute atomic E-state index is 0.0114. The number of hydrogen-bond donors (Lipinski definition) is 1. The Morgan fingerprint density at radius 1 is 1.34 bits per heavy atom. The molecular formula is C23H31BrO5. The third kappa shape index (κ3) is 4.12. The highest BCUT2D eigenvalue weighted by Crippen LogP contribution is 2.52. The summed E-state index contributed by atoms with van der Waals surface area (Å²) < 4.78 is 17.9. The molecule has 1 saturated heterocycles. The van der Waals surface area contributed by atoms with Crippen LogP contribution in [0.15, 0.2) is 28.8 Å². The van der Waals surface area contributed by atoms with Crippen molar-refractivity contribution in [2.75, 3.05) is 20.3 Å². The lowest BCUT2D eigenvalue weighted by atomic mass is 9.59. The highest BCUT2D eigenvalue weighted by atomic mass is 79.9. The van der Waals surface area contributed by atoms with Gasteiger partial charge in [0.05, 0.1) is 24.8 Å². The second-order valence-electron chi connectivity index (χ2n) is 8.77. The summed E-state index contributed by atoms with van der Waals surface area (Å²) in [6.45, 7) is 11.5. The van der Waals surface area contributed by atoms with E-state index < -0.39 is 5.79 Å². The van der Waals surface area contributed by atoms with Gasteiger partial charge in [0.25, 0.3) is 0 Å². The quantitative estimate of drug-likeness (QED) is 0.595. The van der Waals surface area contributed by atoms with E-state index in [1.54, 1.807) is 13.2 Å². The second kappa shape index (κ2) is 8.40. The van der Waals surface area contributed by atoms with Gasteiger partial charge in [0.15, 0.2) is 5.78 Å². The summed E-state index contributed by atoms with van der Waals surface area (Å²) in [5.74, 6) is -0.0888. The molecule has 6 heteroatoms. The van der Waals surface area contributed by atoms with Crippen LogP contribution in [-0.2, 0) is 20.7 Å². The maximum Gasteiger partial charge on any atom is 0.232 e. The maximum absolute atomic E-state index is 12.7. The Labute approximate surface area is 181 Å². The Kier molecular flexibility index (Phi) is 6.47. The highest BCUT2D eigenvalue weighted by Gasteiger charge is 2.54. The number of rotatable bonds is 6. The van der Waals surface area contributed by atoms with Gasteiger partial charge in [-0.1, -0.05) is 32.9 Å². The zero-order valence-electron chi connectivity index (χ0n) is 17.7. The van der Waals surface area contributed by atoms with Crippen LogP contribution in [0.1, 0.15) is 45.6 Å². The van der Waals surface area contributed by atoms with E-state index in [0.717, 1.165) is 22.0 Å². The van der Waals surface area contributed by atoms with E-state index in [1.165, 1.54) is 0 Å². The first-order valence-electron chi connectivity index (χ1n) is 10.2. The standard InChI is InChI=1S/C23H31BrO5/c1-6-21(26)23(28-7-8-29-23)16-9-14(2)17(22(3,4)13-16)10-15-11-20(27-5)18(24)12-19(15)25/h11-12,16-17,25H,2,6-10,13H2,1,3-5H3. The molecule has 1 aliphatic carbocycles. The summed E-state index contributed by atoms with van der Waals surface area (Å²) >= 11 is 3.41. The highest BCUT2D eigenvalue weighted by molar-refractivity contribution is 9.10. The average Bonchev–Trinajstić information content (AvgIpc) is 3.16. The predicted octanol–water partition coefficient (Wildman–Crippen LogP) is 5.04. The lowest BCUT2D eigenvalue weighted by Crippen LogP contribution is -2.51. The van der Waals surface area contributed by atoms with Gasteiger partial charge in [-0.15, -0.1) is 0 Å². The molecule has 1 aromatic carbocycles. The van der Waals surface area contributed by atoms with Crippen LogP contribution < -0.4 is 4.74 Å². The van der Waals surface area contributed by atoms with Crippen molar-refractivity contribution in [2.45, 2.75) is 52.2 Å². The van der Waals surface area contributed by atoms with E-state index >= 15 is 0 Å². The SMILES string of the molecule is C=C1CC(C2(C(=O)CC)OCCO2)CC(C)(C)C1Cc1cc(OC)c(Br)cc1O. The van der Waals surface area contributed by atoms with E-state index in [0.29, 0.717) is 38.2 Å². The van der Waals surface area contributed by atoms with Gasteiger partial charge in [-0.2, -0.15) is 0 Å². The summed E-state index contributed by atoms with van der Waals surface area (Å²) in [6.07, 6.45) is 2.51. The molecule has 2 fully saturated rings. The van der Waals surface area contributed by atoms with Crippen LogP contribution in [-0.4, -0.2) is 37.0 Å². The van der Waals surface area contributed by atoms with Crippen molar-refractivity contribution in [1.82, 2.24) is 0 Å². The molecule has 0 amide bonds. The van der Waals surface area contributed by atoms with Gasteiger partial charge in [0, 0.05) is 12.3 Å². The Hall–Kier alpha value is -1.37. The molecule has 0 radical (unpaired) electrons. The minimum atomic E-state index is -1.14. The van der Waals surface area contributed by atoms with Crippen LogP contribution in [0.3, 0.4) is 0 Å². The van der Waals surface area contributed by atoms with Crippen molar-refractivity contribution in [1.29, 1.82) is 0 Å². The van der Waals surface area contributed by atoms with Crippen molar-refractivity contribution in [3.8, 4) is 11.5 Å². The molecule has 2 atom stereocenters. The first kappa shape index (κ1) is 22.3. The molecule has 0 spiro atoms. The Balaban J connectivity index is 1.86. The number of phenolic OH excluding ortho intramolecular Hbond substituents is 1. The topological polar surface area (TPSA) is 65.0 Å². The molecule has 0 bridgehead atoms. The normalized spacial score (nSPS) is 25.8. The van der Waals surface area contributed by atoms with Crippen molar-refractivity contribution < 1.29 is 24.1 Å². The number of hydrogen-bond acceptors (Lipinski definition) is 5. The molecule has 160 valence electrons. The molecule has 5 nitrogen and oxygen atoms in total. The zero-order chi connectivity index (χ0) is 21.4. The fourth-order valence-corrected chi connectivity index (χ4v) is 5.47. The summed E-state index contributed by atoms with van der Waals surface area (Å²) in [4.78, 5) is 12.7. The van der Waals surface area contributed by atoms with Crippen LogP contribution in [0, 0.1) is 17.3 Å². The number of phenols is 1. The van der Waals surface area contributed by atoms with E-state index in [4.69, 9.17) is 14.2 Å². The molecule has 2 unspecified atom stereocenters. The molecule has 1 N–H and O–H groups in total. The third-order valence-electron chi connectivity index (χ3n) is 6.46. The fraction of sp³-hybridized carbons (Fsp3) is 0.609. The van der Waals surface area contributed by atoms with E-state index in [1.807, 2.05) is 13.0 Å². The molecule has 1 aliphatic heterocycles. The fourth-order valence-electron chi connectivity index (χ4n) is 4.97. The Morgan fingerprint density at radius 3 is 2.55 bits per heavy atom. The third-order valence-corrected chi connectivity index (χ3v) is 7.08. The molecule has 3 rings (SSSR count). The molecule has 1 saturated carbocycles. The molecule has 2 aliphatic rings. The molecule has 0 aromatic heterocycles. The number of aromatic hydroxyl groups is 1. The first-order valence-corrected chi connectivity index (χ1v) is 11.0. The summed E-state index contributed by atoms with van der Waals surface area (Å²) in [7, 11) is 1.61. The van der Waals surface area contributed by atoms with Crippen molar-refractivity contribution in [3.05, 3.63) is 34.3 Å². The number of carbonyl (C=O) groups excluding carboxylic acids is 1. The lowest BCUT2D eigenvalue weighted by Gasteiger charge is -2.48. The first-order chi connectivity index (χ1) is 13.6. The largest absolute Gasteiger partial charge is 0.508 e. The van der Waals surface area contributed by atoms with Gasteiger partial charge in [-0.05, 0) is 64.2 Å². The van der Waals surface area contributed by atoms with Crippen LogP contribution in [0.2, 0.25) is 0 Å². The van der Waals surface area contributed by atoms with Gasteiger partial charge in [0.2, 0.25) is 5.79 Å². The number of Topliss-reactive ketones (excluding diaryl/α,β-unsaturated/α-hetero) is 1. The van der Waals surface area contributed by atoms with Gasteiger partial charge in [0.1, 0.15) is 11.5 Å². The summed E-state index contributed by atoms with van der Waals surface area (Å²) in [5.41, 5.74) is 1.76. The molecule has 1 aromatic rings. The summed E-state index contributed by atoms with van der Waals surface area (Å²) in [6, 6.07) is 3.55. The second-order valence-corrected chi connectivity index (χ2v) is 9.62. The van der Waals surface area contributed by atoms with Crippen LogP contribution in [0.25, 0.3) is 0 Å². The van der Waals surface area contributed by atoms with Gasteiger partial charge >= 0.3 is 0 Å². The number of ether oxygens (including phenoxy) is 3. The van der Waals surface area contributed by atoms with Crippen LogP contribution in [0.4, 0.5) is 0 Å². The monoisotopic (exact) mass is 466 g/mol. The number of ketones is 1. The maximum atomic E-state index is 12.7. The predicted molar refractivity (Wildman–Crippen MR) is 115 cm³/mol. The number of carbonyl (C=O) groups is 1. The Morgan fingerprint density at radius 2 is 2.00 bits per heavy atom. The smallest absolute Gasteiger partial charge is 0.232 e. The van der Waals surface area contributed by atoms with Gasteiger partial charge < -0.3 is 19.3 Å². The molecular weight excluding hydrogens is 436 g/mol. The number of allylic oxidation sites excluding steroid dienone is 1. The zero-order valence-corrected chi connectivity index (χ0v) is 19.3. The molecule has 29 heavy (non-hydrogen) atoms. The molecule has 1 heterocycles. The minimum Gasteiger partial charge on any atom is -0.508 e. The van der Waals surface area contributed by atoms with E-state index in [-0.39, 0.29) is 28.8 Å². The van der Waals surface area contributed by atoms with Crippen LogP contribution >= 0.6 is 15.9 Å². The lowest BCUT2D eigenvalue weighted by molar-refractivity contribution is -0.207. The van der Waals surface area contributed by atoms with Crippen molar-refractivity contribution >= 4 is 21.7 Å². The average molecular weight is 467 g/mol. The number of benzene rings is 1. The number of halogens is 1. The van der Waals surface area contributed by atoms with Crippen molar-refractivity contribution in [2.24, 2.45) is 17.3 Å². The van der Waals surface area contributed by atoms with Crippen molar-refractivity contribution in [3.63, 3.8) is 0 Å². The van der Waals surface area contributed by atoms with E-state index in [2.05, 4.69) is 36.4 Å². The summed E-state index contributed by atoms with van der Waals surface area (Å²) in [5, 5.41) is 10.5. The van der Waals surface area contributed by atoms with E-state index in [9.17, 15) is 9.90 Å². The van der Waals surface area contributed by atoms with Gasteiger partial charge in [-0.25, -0.2) is 0 Å². The van der Waals surface area contributed by atoms with Crippen LogP contribution in [0.5, 0.6) is 11.5 Å². The number of methoxy groups -OCH3 is 1. The van der Waals surface area contributed by atoms with Gasteiger partial charge in [-0.3, -0.25) is 4.79 Å². The Bertz CT molecular complexity index is 795.